The third kappa shape index (κ3) is 4.37. The number of aromatic nitrogens is 2. The van der Waals surface area contributed by atoms with E-state index < -0.39 is 0 Å². The minimum absolute atomic E-state index is 0.100. The Bertz CT molecular complexity index is 871. The van der Waals surface area contributed by atoms with Crippen molar-refractivity contribution in [2.24, 2.45) is 0 Å². The van der Waals surface area contributed by atoms with Crippen LogP contribution in [0.3, 0.4) is 0 Å². The Labute approximate surface area is 169 Å². The molecule has 4 rings (SSSR count). The van der Waals surface area contributed by atoms with Crippen molar-refractivity contribution < 1.29 is 23.3 Å². The van der Waals surface area contributed by atoms with Crippen molar-refractivity contribution in [1.29, 1.82) is 0 Å². The van der Waals surface area contributed by atoms with Crippen LogP contribution in [0.4, 0.5) is 4.39 Å². The first-order valence-corrected chi connectivity index (χ1v) is 9.93. The molecule has 0 bridgehead atoms. The Morgan fingerprint density at radius 3 is 2.66 bits per heavy atom. The minimum Gasteiger partial charge on any atom is -0.490 e. The topological polar surface area (TPSA) is 65.9 Å². The Morgan fingerprint density at radius 1 is 1.14 bits per heavy atom. The second kappa shape index (κ2) is 8.41. The molecule has 156 valence electrons. The first-order valence-electron chi connectivity index (χ1n) is 9.93. The van der Waals surface area contributed by atoms with E-state index in [1.54, 1.807) is 13.2 Å². The number of halogens is 1. The van der Waals surface area contributed by atoms with Crippen LogP contribution in [0.1, 0.15) is 37.2 Å². The highest BCUT2D eigenvalue weighted by atomic mass is 19.1. The maximum atomic E-state index is 14.6. The minimum atomic E-state index is -0.362. The maximum absolute atomic E-state index is 14.6. The molecule has 2 aliphatic rings. The highest BCUT2D eigenvalue weighted by Crippen LogP contribution is 2.34. The van der Waals surface area contributed by atoms with Crippen molar-refractivity contribution in [3.8, 4) is 23.3 Å². The van der Waals surface area contributed by atoms with E-state index in [0.717, 1.165) is 37.4 Å². The predicted octanol–water partition coefficient (Wildman–Crippen LogP) is 3.31. The van der Waals surface area contributed by atoms with Crippen LogP contribution in [0.5, 0.6) is 23.3 Å². The van der Waals surface area contributed by atoms with Gasteiger partial charge in [-0.1, -0.05) is 0 Å². The number of hydrogen-bond acceptors (Lipinski definition) is 7. The summed E-state index contributed by atoms with van der Waals surface area (Å²) in [5.41, 5.74) is 1.24. The lowest BCUT2D eigenvalue weighted by Crippen LogP contribution is -2.40. The van der Waals surface area contributed by atoms with Crippen molar-refractivity contribution in [3.05, 3.63) is 35.4 Å². The largest absolute Gasteiger partial charge is 0.490 e. The molecule has 29 heavy (non-hydrogen) atoms. The fraction of sp³-hybridized carbons (Fsp3) is 0.524. The van der Waals surface area contributed by atoms with Gasteiger partial charge in [-0.3, -0.25) is 4.90 Å². The van der Waals surface area contributed by atoms with E-state index >= 15 is 0 Å². The smallest absolute Gasteiger partial charge is 0.257 e. The summed E-state index contributed by atoms with van der Waals surface area (Å²) in [6, 6.07) is 4.93. The number of pyridine rings is 2. The van der Waals surface area contributed by atoms with Gasteiger partial charge >= 0.3 is 0 Å². The van der Waals surface area contributed by atoms with Gasteiger partial charge in [0.05, 0.1) is 18.8 Å². The molecule has 1 atom stereocenters. The Kier molecular flexibility index (Phi) is 5.71. The Morgan fingerprint density at radius 2 is 1.90 bits per heavy atom. The van der Waals surface area contributed by atoms with Crippen LogP contribution >= 0.6 is 0 Å². The number of piperidine rings is 1. The molecule has 1 fully saturated rings. The highest BCUT2D eigenvalue weighted by molar-refractivity contribution is 5.37. The molecular formula is C21H26FN3O4. The maximum Gasteiger partial charge on any atom is 0.257 e. The summed E-state index contributed by atoms with van der Waals surface area (Å²) in [6.07, 6.45) is 1.79. The zero-order valence-electron chi connectivity index (χ0n) is 17.0. The van der Waals surface area contributed by atoms with Gasteiger partial charge in [-0.2, -0.15) is 0 Å². The molecule has 0 saturated carbocycles. The van der Waals surface area contributed by atoms with Gasteiger partial charge in [0.2, 0.25) is 5.88 Å². The SMILES string of the molecule is COc1cc(OC2CCN(C(C)c3nc4c(cc3F)OCCO4)CC2)cc(C)n1. The summed E-state index contributed by atoms with van der Waals surface area (Å²) < 4.78 is 36.9. The summed E-state index contributed by atoms with van der Waals surface area (Å²) in [5, 5.41) is 0. The number of likely N-dealkylation sites (tertiary alicyclic amines) is 1. The molecule has 4 heterocycles. The summed E-state index contributed by atoms with van der Waals surface area (Å²) in [4.78, 5) is 10.9. The fourth-order valence-electron chi connectivity index (χ4n) is 3.78. The lowest BCUT2D eigenvalue weighted by atomic mass is 10.0. The molecule has 0 amide bonds. The molecule has 1 saturated heterocycles. The quantitative estimate of drug-likeness (QED) is 0.759. The van der Waals surface area contributed by atoms with Crippen molar-refractivity contribution >= 4 is 0 Å². The van der Waals surface area contributed by atoms with E-state index in [9.17, 15) is 4.39 Å². The van der Waals surface area contributed by atoms with Crippen LogP contribution in [0.25, 0.3) is 0 Å². The van der Waals surface area contributed by atoms with Gasteiger partial charge in [0.25, 0.3) is 5.88 Å². The molecule has 2 aliphatic heterocycles. The Balaban J connectivity index is 1.39. The van der Waals surface area contributed by atoms with E-state index in [2.05, 4.69) is 14.9 Å². The van der Waals surface area contributed by atoms with Gasteiger partial charge in [0.1, 0.15) is 30.9 Å². The van der Waals surface area contributed by atoms with Gasteiger partial charge in [-0.15, -0.1) is 0 Å². The number of ether oxygens (including phenoxy) is 4. The van der Waals surface area contributed by atoms with E-state index in [1.807, 2.05) is 19.9 Å². The number of nitrogens with zero attached hydrogens (tertiary/aromatic N) is 3. The fourth-order valence-corrected chi connectivity index (χ4v) is 3.78. The third-order valence-corrected chi connectivity index (χ3v) is 5.35. The molecule has 0 N–H and O–H groups in total. The lowest BCUT2D eigenvalue weighted by Gasteiger charge is -2.36. The van der Waals surface area contributed by atoms with Crippen LogP contribution in [0.15, 0.2) is 18.2 Å². The number of methoxy groups -OCH3 is 1. The zero-order chi connectivity index (χ0) is 20.4. The number of hydrogen-bond donors (Lipinski definition) is 0. The van der Waals surface area contributed by atoms with Crippen molar-refractivity contribution in [2.75, 3.05) is 33.4 Å². The second-order valence-electron chi connectivity index (χ2n) is 7.37. The standard InChI is InChI=1S/C21H26FN3O4/c1-13-10-16(11-19(23-13)26-3)29-15-4-6-25(7-5-15)14(2)20-17(22)12-18-21(24-20)28-9-8-27-18/h10-12,14-15H,4-9H2,1-3H3. The normalized spacial score (nSPS) is 18.3. The Hall–Kier alpha value is -2.61. The van der Waals surface area contributed by atoms with Crippen LogP contribution in [0, 0.1) is 12.7 Å². The van der Waals surface area contributed by atoms with Crippen molar-refractivity contribution in [2.45, 2.75) is 38.8 Å². The first kappa shape index (κ1) is 19.7. The molecule has 2 aromatic heterocycles. The summed E-state index contributed by atoms with van der Waals surface area (Å²) in [6.45, 7) is 6.32. The van der Waals surface area contributed by atoms with E-state index in [1.165, 1.54) is 6.07 Å². The second-order valence-corrected chi connectivity index (χ2v) is 7.37. The first-order chi connectivity index (χ1) is 14.0. The van der Waals surface area contributed by atoms with Crippen LogP contribution in [0.2, 0.25) is 0 Å². The van der Waals surface area contributed by atoms with Gasteiger partial charge in [0.15, 0.2) is 5.75 Å². The molecule has 0 spiro atoms. The van der Waals surface area contributed by atoms with Crippen LogP contribution in [-0.4, -0.2) is 54.4 Å². The van der Waals surface area contributed by atoms with Crippen molar-refractivity contribution in [1.82, 2.24) is 14.9 Å². The van der Waals surface area contributed by atoms with Gasteiger partial charge in [-0.25, -0.2) is 14.4 Å². The summed E-state index contributed by atoms with van der Waals surface area (Å²) in [5.74, 6) is 1.70. The van der Waals surface area contributed by atoms with Gasteiger partial charge in [-0.05, 0) is 26.7 Å². The monoisotopic (exact) mass is 403 g/mol. The molecule has 0 aromatic carbocycles. The number of rotatable bonds is 5. The van der Waals surface area contributed by atoms with E-state index in [4.69, 9.17) is 18.9 Å². The number of aryl methyl sites for hydroxylation is 1. The third-order valence-electron chi connectivity index (χ3n) is 5.35. The molecule has 0 aliphatic carbocycles. The summed E-state index contributed by atoms with van der Waals surface area (Å²) in [7, 11) is 1.59. The van der Waals surface area contributed by atoms with Gasteiger partial charge < -0.3 is 18.9 Å². The summed E-state index contributed by atoms with van der Waals surface area (Å²) >= 11 is 0. The van der Waals surface area contributed by atoms with Crippen LogP contribution in [-0.2, 0) is 0 Å². The van der Waals surface area contributed by atoms with E-state index in [-0.39, 0.29) is 18.0 Å². The van der Waals surface area contributed by atoms with Crippen LogP contribution < -0.4 is 18.9 Å². The molecule has 2 aromatic rings. The lowest BCUT2D eigenvalue weighted by molar-refractivity contribution is 0.0766. The zero-order valence-corrected chi connectivity index (χ0v) is 17.0. The molecule has 7 nitrogen and oxygen atoms in total. The molecule has 0 radical (unpaired) electrons. The highest BCUT2D eigenvalue weighted by Gasteiger charge is 2.29. The number of fused-ring (bicyclic) bond motifs is 1. The van der Waals surface area contributed by atoms with E-state index in [0.29, 0.717) is 36.4 Å². The predicted molar refractivity (Wildman–Crippen MR) is 104 cm³/mol. The molecule has 8 heteroatoms. The molecular weight excluding hydrogens is 377 g/mol. The van der Waals surface area contributed by atoms with Crippen molar-refractivity contribution in [3.63, 3.8) is 0 Å². The van der Waals surface area contributed by atoms with Gasteiger partial charge in [0, 0.05) is 37.0 Å². The average Bonchev–Trinajstić information content (AvgIpc) is 2.73. The molecule has 1 unspecified atom stereocenters. The average molecular weight is 403 g/mol.